The largest absolute Gasteiger partial charge is 0.393 e. The molecule has 2 aliphatic rings. The van der Waals surface area contributed by atoms with Gasteiger partial charge in [0.1, 0.15) is 0 Å². The molecule has 0 saturated heterocycles. The lowest BCUT2D eigenvalue weighted by atomic mass is 9.74. The van der Waals surface area contributed by atoms with E-state index in [1.807, 2.05) is 6.92 Å². The first-order valence-corrected chi connectivity index (χ1v) is 4.49. The van der Waals surface area contributed by atoms with Crippen LogP contribution in [0.5, 0.6) is 0 Å². The second-order valence-electron chi connectivity index (χ2n) is 4.37. The molecule has 0 aromatic carbocycles. The van der Waals surface area contributed by atoms with Crippen molar-refractivity contribution in [1.29, 1.82) is 0 Å². The Morgan fingerprint density at radius 1 is 1.55 bits per heavy atom. The van der Waals surface area contributed by atoms with Crippen molar-refractivity contribution in [2.45, 2.75) is 32.8 Å². The zero-order valence-corrected chi connectivity index (χ0v) is 7.25. The molecular formula is C10H16O. The van der Waals surface area contributed by atoms with Crippen molar-refractivity contribution in [3.05, 3.63) is 12.2 Å². The molecule has 1 heteroatoms. The van der Waals surface area contributed by atoms with Crippen LogP contribution in [0, 0.1) is 17.3 Å². The van der Waals surface area contributed by atoms with Gasteiger partial charge in [0.05, 0.1) is 6.10 Å². The fourth-order valence-electron chi connectivity index (χ4n) is 2.61. The summed E-state index contributed by atoms with van der Waals surface area (Å²) in [6.45, 7) is 4.14. The normalized spacial score (nSPS) is 50.1. The van der Waals surface area contributed by atoms with Crippen molar-refractivity contribution >= 4 is 0 Å². The summed E-state index contributed by atoms with van der Waals surface area (Å²) in [4.78, 5) is 0. The number of hydrogen-bond acceptors (Lipinski definition) is 1. The van der Waals surface area contributed by atoms with Crippen molar-refractivity contribution < 1.29 is 5.11 Å². The van der Waals surface area contributed by atoms with E-state index in [1.165, 1.54) is 12.8 Å². The number of aliphatic hydroxyl groups excluding tert-OH is 1. The third-order valence-electron chi connectivity index (χ3n) is 3.68. The first kappa shape index (κ1) is 7.35. The number of allylic oxidation sites excluding steroid dienone is 2. The molecule has 0 amide bonds. The molecular weight excluding hydrogens is 136 g/mol. The summed E-state index contributed by atoms with van der Waals surface area (Å²) < 4.78 is 0. The highest BCUT2D eigenvalue weighted by atomic mass is 16.3. The van der Waals surface area contributed by atoms with Crippen LogP contribution < -0.4 is 0 Å². The Kier molecular flexibility index (Phi) is 1.40. The molecule has 0 aromatic rings. The minimum Gasteiger partial charge on any atom is -0.393 e. The van der Waals surface area contributed by atoms with Gasteiger partial charge in [-0.2, -0.15) is 0 Å². The molecule has 1 N–H and O–H groups in total. The molecule has 2 bridgehead atoms. The molecule has 62 valence electrons. The van der Waals surface area contributed by atoms with E-state index in [0.29, 0.717) is 5.92 Å². The summed E-state index contributed by atoms with van der Waals surface area (Å²) in [5.41, 5.74) is 0.180. The van der Waals surface area contributed by atoms with Gasteiger partial charge in [-0.3, -0.25) is 0 Å². The van der Waals surface area contributed by atoms with Gasteiger partial charge in [0, 0.05) is 5.41 Å². The van der Waals surface area contributed by atoms with Crippen molar-refractivity contribution in [1.82, 2.24) is 0 Å². The molecule has 4 atom stereocenters. The third-order valence-corrected chi connectivity index (χ3v) is 3.68. The third kappa shape index (κ3) is 0.871. The van der Waals surface area contributed by atoms with Crippen LogP contribution >= 0.6 is 0 Å². The Bertz CT molecular complexity index is 195. The smallest absolute Gasteiger partial charge is 0.0571 e. The molecule has 2 aliphatic carbocycles. The molecule has 11 heavy (non-hydrogen) atoms. The molecule has 0 heterocycles. The van der Waals surface area contributed by atoms with Gasteiger partial charge in [-0.25, -0.2) is 0 Å². The SMILES string of the molecule is CC(O)C1(C)CC2C=CC1C2. The standard InChI is InChI=1S/C10H16O/c1-7(11)10(2)6-8-3-4-9(10)5-8/h3-4,7-9,11H,5-6H2,1-2H3. The average Bonchev–Trinajstić information content (AvgIpc) is 2.45. The fraction of sp³-hybridized carbons (Fsp3) is 0.800. The van der Waals surface area contributed by atoms with Gasteiger partial charge in [0.2, 0.25) is 0 Å². The molecule has 0 aliphatic heterocycles. The molecule has 0 radical (unpaired) electrons. The Hall–Kier alpha value is -0.300. The van der Waals surface area contributed by atoms with E-state index in [4.69, 9.17) is 0 Å². The first-order valence-electron chi connectivity index (χ1n) is 4.49. The van der Waals surface area contributed by atoms with Gasteiger partial charge in [-0.15, -0.1) is 0 Å². The minimum atomic E-state index is -0.151. The molecule has 0 spiro atoms. The first-order chi connectivity index (χ1) is 5.13. The van der Waals surface area contributed by atoms with Crippen LogP contribution in [0.1, 0.15) is 26.7 Å². The van der Waals surface area contributed by atoms with E-state index in [-0.39, 0.29) is 11.5 Å². The lowest BCUT2D eigenvalue weighted by Crippen LogP contribution is -2.33. The van der Waals surface area contributed by atoms with Crippen LogP contribution in [0.25, 0.3) is 0 Å². The van der Waals surface area contributed by atoms with E-state index in [1.54, 1.807) is 0 Å². The molecule has 1 saturated carbocycles. The van der Waals surface area contributed by atoms with Crippen molar-refractivity contribution in [3.8, 4) is 0 Å². The van der Waals surface area contributed by atoms with E-state index in [9.17, 15) is 5.11 Å². The van der Waals surface area contributed by atoms with Gasteiger partial charge >= 0.3 is 0 Å². The molecule has 0 aromatic heterocycles. The van der Waals surface area contributed by atoms with Gasteiger partial charge < -0.3 is 5.11 Å². The Labute approximate surface area is 68.1 Å². The van der Waals surface area contributed by atoms with Crippen LogP contribution in [-0.2, 0) is 0 Å². The zero-order chi connectivity index (χ0) is 8.06. The van der Waals surface area contributed by atoms with Crippen LogP contribution in [0.3, 0.4) is 0 Å². The van der Waals surface area contributed by atoms with E-state index < -0.39 is 0 Å². The van der Waals surface area contributed by atoms with Crippen molar-refractivity contribution in [2.24, 2.45) is 17.3 Å². The lowest BCUT2D eigenvalue weighted by Gasteiger charge is -2.34. The molecule has 1 fully saturated rings. The number of hydrogen-bond donors (Lipinski definition) is 1. The second kappa shape index (κ2) is 2.10. The monoisotopic (exact) mass is 152 g/mol. The summed E-state index contributed by atoms with van der Waals surface area (Å²) in [6, 6.07) is 0. The maximum absolute atomic E-state index is 9.60. The average molecular weight is 152 g/mol. The van der Waals surface area contributed by atoms with E-state index >= 15 is 0 Å². The van der Waals surface area contributed by atoms with E-state index in [2.05, 4.69) is 19.1 Å². The summed E-state index contributed by atoms with van der Waals surface area (Å²) in [5.74, 6) is 1.41. The van der Waals surface area contributed by atoms with Crippen LogP contribution in [0.15, 0.2) is 12.2 Å². The summed E-state index contributed by atoms with van der Waals surface area (Å²) >= 11 is 0. The predicted octanol–water partition coefficient (Wildman–Crippen LogP) is 1.97. The zero-order valence-electron chi connectivity index (χ0n) is 7.25. The van der Waals surface area contributed by atoms with Gasteiger partial charge in [0.25, 0.3) is 0 Å². The molecule has 2 rings (SSSR count). The number of aliphatic hydroxyl groups is 1. The van der Waals surface area contributed by atoms with Crippen molar-refractivity contribution in [2.75, 3.05) is 0 Å². The number of fused-ring (bicyclic) bond motifs is 2. The van der Waals surface area contributed by atoms with Crippen LogP contribution in [0.4, 0.5) is 0 Å². The predicted molar refractivity (Wildman–Crippen MR) is 45.1 cm³/mol. The second-order valence-corrected chi connectivity index (χ2v) is 4.37. The Morgan fingerprint density at radius 3 is 2.55 bits per heavy atom. The fourth-order valence-corrected chi connectivity index (χ4v) is 2.61. The summed E-state index contributed by atoms with van der Waals surface area (Å²) in [7, 11) is 0. The Morgan fingerprint density at radius 2 is 2.27 bits per heavy atom. The van der Waals surface area contributed by atoms with Crippen LogP contribution in [-0.4, -0.2) is 11.2 Å². The maximum atomic E-state index is 9.60. The highest BCUT2D eigenvalue weighted by Gasteiger charge is 2.47. The van der Waals surface area contributed by atoms with Crippen LogP contribution in [0.2, 0.25) is 0 Å². The highest BCUT2D eigenvalue weighted by Crippen LogP contribution is 2.53. The Balaban J connectivity index is 2.24. The minimum absolute atomic E-state index is 0.151. The van der Waals surface area contributed by atoms with Crippen molar-refractivity contribution in [3.63, 3.8) is 0 Å². The van der Waals surface area contributed by atoms with Gasteiger partial charge in [0.15, 0.2) is 0 Å². The highest BCUT2D eigenvalue weighted by molar-refractivity contribution is 5.15. The van der Waals surface area contributed by atoms with Gasteiger partial charge in [-0.1, -0.05) is 19.1 Å². The quantitative estimate of drug-likeness (QED) is 0.569. The molecule has 4 unspecified atom stereocenters. The van der Waals surface area contributed by atoms with Gasteiger partial charge in [-0.05, 0) is 31.6 Å². The topological polar surface area (TPSA) is 20.2 Å². The van der Waals surface area contributed by atoms with E-state index in [0.717, 1.165) is 5.92 Å². The lowest BCUT2D eigenvalue weighted by molar-refractivity contribution is 0.0328. The summed E-state index contributed by atoms with van der Waals surface area (Å²) in [6.07, 6.45) is 6.92. The maximum Gasteiger partial charge on any atom is 0.0571 e. The number of rotatable bonds is 1. The molecule has 1 nitrogen and oxygen atoms in total. The summed E-state index contributed by atoms with van der Waals surface area (Å²) in [5, 5.41) is 9.60.